The first-order valence-corrected chi connectivity index (χ1v) is 8.27. The van der Waals surface area contributed by atoms with Gasteiger partial charge < -0.3 is 10.1 Å². The summed E-state index contributed by atoms with van der Waals surface area (Å²) in [4.78, 5) is 22.8. The van der Waals surface area contributed by atoms with Crippen LogP contribution in [0.1, 0.15) is 56.0 Å². The van der Waals surface area contributed by atoms with E-state index < -0.39 is 10.9 Å². The molecule has 1 N–H and O–H groups in total. The number of nitro benzene ring substituents is 1. The highest BCUT2D eigenvalue weighted by molar-refractivity contribution is 5.93. The predicted molar refractivity (Wildman–Crippen MR) is 93.4 cm³/mol. The van der Waals surface area contributed by atoms with E-state index in [4.69, 9.17) is 4.74 Å². The van der Waals surface area contributed by atoms with Crippen molar-refractivity contribution in [3.63, 3.8) is 0 Å². The second-order valence-electron chi connectivity index (χ2n) is 7.69. The summed E-state index contributed by atoms with van der Waals surface area (Å²) in [6.07, 6.45) is 3.11. The van der Waals surface area contributed by atoms with Gasteiger partial charge in [0, 0.05) is 12.1 Å². The maximum atomic E-state index is 11.8. The number of nitrogens with one attached hydrogen (secondary N) is 1. The van der Waals surface area contributed by atoms with Crippen molar-refractivity contribution in [2.45, 2.75) is 53.0 Å². The first kappa shape index (κ1) is 18.2. The fourth-order valence-electron chi connectivity index (χ4n) is 3.97. The van der Waals surface area contributed by atoms with E-state index in [0.717, 1.165) is 19.3 Å². The third-order valence-electron chi connectivity index (χ3n) is 4.69. The highest BCUT2D eigenvalue weighted by atomic mass is 16.6. The molecule has 1 fully saturated rings. The van der Waals surface area contributed by atoms with E-state index in [0.29, 0.717) is 17.2 Å². The van der Waals surface area contributed by atoms with Crippen molar-refractivity contribution < 1.29 is 14.5 Å². The highest BCUT2D eigenvalue weighted by Crippen LogP contribution is 2.40. The lowest BCUT2D eigenvalue weighted by Crippen LogP contribution is -2.35. The standard InChI is InChI=1S/C18H26N2O4/c1-11-6-13(10-18(3,4)9-11)19-15-7-12(2)14(17(21)24-5)8-16(15)20(22)23/h7-8,11,13,19H,6,9-10H2,1-5H3/t11-,13-/m1/s1. The van der Waals surface area contributed by atoms with Crippen molar-refractivity contribution in [3.8, 4) is 0 Å². The minimum absolute atomic E-state index is 0.0861. The Hall–Kier alpha value is -2.11. The van der Waals surface area contributed by atoms with Gasteiger partial charge in [0.15, 0.2) is 0 Å². The van der Waals surface area contributed by atoms with Crippen LogP contribution in [0.2, 0.25) is 0 Å². The fourth-order valence-corrected chi connectivity index (χ4v) is 3.97. The molecular formula is C18H26N2O4. The summed E-state index contributed by atoms with van der Waals surface area (Å²) in [6.45, 7) is 8.44. The monoisotopic (exact) mass is 334 g/mol. The maximum Gasteiger partial charge on any atom is 0.338 e. The van der Waals surface area contributed by atoms with Crippen LogP contribution in [0.25, 0.3) is 0 Å². The molecule has 6 nitrogen and oxygen atoms in total. The molecule has 0 radical (unpaired) electrons. The quantitative estimate of drug-likeness (QED) is 0.504. The van der Waals surface area contributed by atoms with Crippen LogP contribution in [0.5, 0.6) is 0 Å². The molecule has 0 saturated heterocycles. The van der Waals surface area contributed by atoms with Gasteiger partial charge in [0.2, 0.25) is 0 Å². The van der Waals surface area contributed by atoms with Gasteiger partial charge in [-0.05, 0) is 49.1 Å². The van der Waals surface area contributed by atoms with Gasteiger partial charge in [-0.15, -0.1) is 0 Å². The minimum atomic E-state index is -0.561. The second-order valence-corrected chi connectivity index (χ2v) is 7.69. The van der Waals surface area contributed by atoms with E-state index in [1.54, 1.807) is 13.0 Å². The topological polar surface area (TPSA) is 81.5 Å². The summed E-state index contributed by atoms with van der Waals surface area (Å²) < 4.78 is 4.70. The maximum absolute atomic E-state index is 11.8. The number of methoxy groups -OCH3 is 1. The van der Waals surface area contributed by atoms with Crippen molar-refractivity contribution in [1.82, 2.24) is 0 Å². The molecule has 2 rings (SSSR count). The van der Waals surface area contributed by atoms with Gasteiger partial charge in [0.25, 0.3) is 5.69 Å². The van der Waals surface area contributed by atoms with E-state index in [-0.39, 0.29) is 22.7 Å². The Balaban J connectivity index is 2.34. The summed E-state index contributed by atoms with van der Waals surface area (Å²) >= 11 is 0. The lowest BCUT2D eigenvalue weighted by atomic mass is 9.70. The van der Waals surface area contributed by atoms with Gasteiger partial charge in [-0.25, -0.2) is 4.79 Å². The molecule has 1 saturated carbocycles. The van der Waals surface area contributed by atoms with Crippen LogP contribution < -0.4 is 5.32 Å². The minimum Gasteiger partial charge on any atom is -0.465 e. The largest absolute Gasteiger partial charge is 0.465 e. The number of aryl methyl sites for hydroxylation is 1. The van der Waals surface area contributed by atoms with Crippen LogP contribution in [-0.4, -0.2) is 24.0 Å². The number of hydrogen-bond acceptors (Lipinski definition) is 5. The van der Waals surface area contributed by atoms with Crippen LogP contribution in [0.3, 0.4) is 0 Å². The number of anilines is 1. The molecule has 0 unspecified atom stereocenters. The zero-order valence-corrected chi connectivity index (χ0v) is 15.0. The smallest absolute Gasteiger partial charge is 0.338 e. The summed E-state index contributed by atoms with van der Waals surface area (Å²) in [6, 6.07) is 3.17. The van der Waals surface area contributed by atoms with Gasteiger partial charge in [-0.2, -0.15) is 0 Å². The normalized spacial score (nSPS) is 22.7. The van der Waals surface area contributed by atoms with Crippen LogP contribution in [0.4, 0.5) is 11.4 Å². The molecule has 1 aromatic carbocycles. The third kappa shape index (κ3) is 4.04. The van der Waals surface area contributed by atoms with Gasteiger partial charge in [-0.1, -0.05) is 20.8 Å². The van der Waals surface area contributed by atoms with E-state index in [1.807, 2.05) is 0 Å². The molecule has 0 bridgehead atoms. The molecule has 2 atom stereocenters. The van der Waals surface area contributed by atoms with Crippen LogP contribution in [0.15, 0.2) is 12.1 Å². The number of carbonyl (C=O) groups excluding carboxylic acids is 1. The molecule has 1 aliphatic carbocycles. The molecule has 1 aliphatic rings. The Labute approximate surface area is 142 Å². The van der Waals surface area contributed by atoms with Crippen LogP contribution in [-0.2, 0) is 4.74 Å². The Bertz CT molecular complexity index is 655. The van der Waals surface area contributed by atoms with Gasteiger partial charge in [-0.3, -0.25) is 10.1 Å². The molecule has 132 valence electrons. The van der Waals surface area contributed by atoms with Crippen molar-refractivity contribution in [2.75, 3.05) is 12.4 Å². The number of nitrogens with zero attached hydrogens (tertiary/aromatic N) is 1. The third-order valence-corrected chi connectivity index (χ3v) is 4.69. The molecule has 0 amide bonds. The molecular weight excluding hydrogens is 308 g/mol. The summed E-state index contributed by atoms with van der Waals surface area (Å²) in [5, 5.41) is 14.8. The van der Waals surface area contributed by atoms with Crippen molar-refractivity contribution in [2.24, 2.45) is 11.3 Å². The van der Waals surface area contributed by atoms with Gasteiger partial charge in [0.05, 0.1) is 17.6 Å². The molecule has 6 heteroatoms. The molecule has 24 heavy (non-hydrogen) atoms. The number of ether oxygens (including phenoxy) is 1. The zero-order valence-electron chi connectivity index (χ0n) is 15.0. The Morgan fingerprint density at radius 1 is 1.38 bits per heavy atom. The van der Waals surface area contributed by atoms with E-state index in [2.05, 4.69) is 26.1 Å². The second kappa shape index (κ2) is 6.79. The van der Waals surface area contributed by atoms with Crippen LogP contribution >= 0.6 is 0 Å². The number of hydrogen-bond donors (Lipinski definition) is 1. The van der Waals surface area contributed by atoms with Gasteiger partial charge in [0.1, 0.15) is 5.69 Å². The predicted octanol–water partition coefficient (Wildman–Crippen LogP) is 4.32. The Kier molecular flexibility index (Phi) is 5.16. The van der Waals surface area contributed by atoms with Crippen molar-refractivity contribution in [1.29, 1.82) is 0 Å². The molecule has 0 aliphatic heterocycles. The van der Waals surface area contributed by atoms with Crippen LogP contribution in [0, 0.1) is 28.4 Å². The lowest BCUT2D eigenvalue weighted by molar-refractivity contribution is -0.384. The molecule has 1 aromatic rings. The zero-order chi connectivity index (χ0) is 18.1. The number of rotatable bonds is 4. The first-order valence-electron chi connectivity index (χ1n) is 8.27. The summed E-state index contributed by atoms with van der Waals surface area (Å²) in [5.74, 6) is 0.00955. The Morgan fingerprint density at radius 2 is 2.04 bits per heavy atom. The molecule has 0 aromatic heterocycles. The van der Waals surface area contributed by atoms with Gasteiger partial charge >= 0.3 is 5.97 Å². The van der Waals surface area contributed by atoms with Crippen molar-refractivity contribution >= 4 is 17.3 Å². The summed E-state index contributed by atoms with van der Waals surface area (Å²) in [5.41, 5.74) is 1.49. The van der Waals surface area contributed by atoms with E-state index in [9.17, 15) is 14.9 Å². The average molecular weight is 334 g/mol. The van der Waals surface area contributed by atoms with E-state index >= 15 is 0 Å². The number of esters is 1. The summed E-state index contributed by atoms with van der Waals surface area (Å²) in [7, 11) is 1.27. The lowest BCUT2D eigenvalue weighted by Gasteiger charge is -2.39. The number of carbonyl (C=O) groups is 1. The van der Waals surface area contributed by atoms with E-state index in [1.165, 1.54) is 13.2 Å². The average Bonchev–Trinajstić information content (AvgIpc) is 2.44. The number of benzene rings is 1. The Morgan fingerprint density at radius 3 is 2.58 bits per heavy atom. The first-order chi connectivity index (χ1) is 11.1. The van der Waals surface area contributed by atoms with Crippen molar-refractivity contribution in [3.05, 3.63) is 33.4 Å². The molecule has 0 heterocycles. The number of nitro groups is 1. The highest BCUT2D eigenvalue weighted by Gasteiger charge is 2.33. The fraction of sp³-hybridized carbons (Fsp3) is 0.611. The molecule has 0 spiro atoms. The SMILES string of the molecule is COC(=O)c1cc([N+](=O)[O-])c(N[C@@H]2C[C@@H](C)CC(C)(C)C2)cc1C.